The zero-order valence-electron chi connectivity index (χ0n) is 16.6. The number of halogens is 1. The highest BCUT2D eigenvalue weighted by Gasteiger charge is 2.16. The minimum atomic E-state index is -0.375. The second-order valence-electron chi connectivity index (χ2n) is 6.82. The summed E-state index contributed by atoms with van der Waals surface area (Å²) in [6.07, 6.45) is 0. The summed E-state index contributed by atoms with van der Waals surface area (Å²) in [5, 5.41) is 12.0. The molecule has 158 valence electrons. The number of rotatable bonds is 5. The van der Waals surface area contributed by atoms with E-state index in [0.29, 0.717) is 32.7 Å². The van der Waals surface area contributed by atoms with E-state index in [1.54, 1.807) is 66.7 Å². The molecule has 0 atom stereocenters. The fourth-order valence-corrected chi connectivity index (χ4v) is 3.55. The molecular formula is C24H17BrN4O3. The van der Waals surface area contributed by atoms with E-state index in [4.69, 9.17) is 0 Å². The van der Waals surface area contributed by atoms with Crippen LogP contribution in [0.3, 0.4) is 0 Å². The van der Waals surface area contributed by atoms with Gasteiger partial charge >= 0.3 is 0 Å². The molecule has 1 aromatic heterocycles. The van der Waals surface area contributed by atoms with Gasteiger partial charge in [0.25, 0.3) is 17.4 Å². The summed E-state index contributed by atoms with van der Waals surface area (Å²) in [7, 11) is 0. The molecule has 32 heavy (non-hydrogen) atoms. The van der Waals surface area contributed by atoms with Gasteiger partial charge in [0.05, 0.1) is 22.5 Å². The van der Waals surface area contributed by atoms with Crippen LogP contribution in [0.25, 0.3) is 11.3 Å². The Morgan fingerprint density at radius 3 is 2.25 bits per heavy atom. The first kappa shape index (κ1) is 21.2. The number of para-hydroxylation sites is 1. The van der Waals surface area contributed by atoms with Crippen molar-refractivity contribution < 1.29 is 9.59 Å². The van der Waals surface area contributed by atoms with Crippen molar-refractivity contribution in [3.05, 3.63) is 111 Å². The third-order valence-electron chi connectivity index (χ3n) is 4.63. The molecule has 0 aliphatic carbocycles. The van der Waals surface area contributed by atoms with Gasteiger partial charge < -0.3 is 10.6 Å². The number of carbonyl (C=O) groups excluding carboxylic acids is 2. The summed E-state index contributed by atoms with van der Waals surface area (Å²) in [6.45, 7) is 0. The molecule has 0 unspecified atom stereocenters. The fraction of sp³-hybridized carbons (Fsp3) is 0. The number of amides is 2. The molecule has 3 aromatic carbocycles. The van der Waals surface area contributed by atoms with E-state index >= 15 is 0 Å². The lowest BCUT2D eigenvalue weighted by atomic mass is 10.1. The second-order valence-corrected chi connectivity index (χ2v) is 7.68. The van der Waals surface area contributed by atoms with Crippen LogP contribution in [0.15, 0.2) is 94.2 Å². The molecule has 1 heterocycles. The summed E-state index contributed by atoms with van der Waals surface area (Å²) < 4.78 is 0.659. The van der Waals surface area contributed by atoms with Gasteiger partial charge in [0.2, 0.25) is 0 Å². The Bertz CT molecular complexity index is 1350. The maximum Gasteiger partial charge on any atom is 0.264 e. The van der Waals surface area contributed by atoms with Crippen molar-refractivity contribution in [1.29, 1.82) is 0 Å². The van der Waals surface area contributed by atoms with E-state index in [0.717, 1.165) is 5.56 Å². The average Bonchev–Trinajstić information content (AvgIpc) is 2.80. The molecule has 0 aliphatic rings. The lowest BCUT2D eigenvalue weighted by Gasteiger charge is -2.12. The van der Waals surface area contributed by atoms with E-state index < -0.39 is 0 Å². The van der Waals surface area contributed by atoms with E-state index in [9.17, 15) is 14.4 Å². The molecule has 7 nitrogen and oxygen atoms in total. The Morgan fingerprint density at radius 2 is 1.50 bits per heavy atom. The zero-order chi connectivity index (χ0) is 22.5. The molecule has 4 aromatic rings. The Morgan fingerprint density at radius 1 is 0.781 bits per heavy atom. The first-order valence-corrected chi connectivity index (χ1v) is 10.4. The number of hydrogen-bond donors (Lipinski definition) is 3. The Labute approximate surface area is 191 Å². The van der Waals surface area contributed by atoms with Crippen molar-refractivity contribution in [3.8, 4) is 11.3 Å². The van der Waals surface area contributed by atoms with Crippen LogP contribution in [-0.2, 0) is 0 Å². The van der Waals surface area contributed by atoms with Crippen molar-refractivity contribution in [2.24, 2.45) is 0 Å². The van der Waals surface area contributed by atoms with E-state index in [1.165, 1.54) is 6.07 Å². The molecule has 0 saturated heterocycles. The largest absolute Gasteiger partial charge is 0.322 e. The highest BCUT2D eigenvalue weighted by Crippen LogP contribution is 2.23. The summed E-state index contributed by atoms with van der Waals surface area (Å²) in [5.74, 6) is -0.705. The number of benzene rings is 3. The summed E-state index contributed by atoms with van der Waals surface area (Å²) in [6, 6.07) is 23.9. The van der Waals surface area contributed by atoms with Crippen molar-refractivity contribution >= 4 is 39.1 Å². The van der Waals surface area contributed by atoms with Crippen molar-refractivity contribution in [2.75, 3.05) is 10.6 Å². The Kier molecular flexibility index (Phi) is 6.23. The standard InChI is InChI=1S/C24H17BrN4O3/c25-19-10-3-1-8-17(19)23(31)27-21-11-4-2-9-18(21)24(32)26-16-7-5-6-15(14-16)20-12-13-22(30)29-28-20/h1-14H,(H,26,32)(H,27,31)(H,29,30). The van der Waals surface area contributed by atoms with Crippen molar-refractivity contribution in [2.45, 2.75) is 0 Å². The van der Waals surface area contributed by atoms with Gasteiger partial charge in [0, 0.05) is 21.8 Å². The van der Waals surface area contributed by atoms with Crippen LogP contribution in [0.4, 0.5) is 11.4 Å². The molecule has 0 aliphatic heterocycles. The van der Waals surface area contributed by atoms with Gasteiger partial charge in [-0.05, 0) is 58.4 Å². The quantitative estimate of drug-likeness (QED) is 0.378. The van der Waals surface area contributed by atoms with Crippen molar-refractivity contribution in [1.82, 2.24) is 10.2 Å². The number of nitrogens with one attached hydrogen (secondary N) is 3. The molecular weight excluding hydrogens is 472 g/mol. The fourth-order valence-electron chi connectivity index (χ4n) is 3.09. The lowest BCUT2D eigenvalue weighted by Crippen LogP contribution is -2.18. The van der Waals surface area contributed by atoms with Gasteiger partial charge in [-0.15, -0.1) is 0 Å². The third kappa shape index (κ3) is 4.81. The number of aromatic nitrogens is 2. The lowest BCUT2D eigenvalue weighted by molar-refractivity contribution is 0.102. The maximum atomic E-state index is 13.0. The number of anilines is 2. The summed E-state index contributed by atoms with van der Waals surface area (Å²) in [4.78, 5) is 36.9. The first-order chi connectivity index (χ1) is 15.5. The molecule has 4 rings (SSSR count). The minimum Gasteiger partial charge on any atom is -0.322 e. The second kappa shape index (κ2) is 9.40. The molecule has 0 bridgehead atoms. The molecule has 0 spiro atoms. The molecule has 0 saturated carbocycles. The van der Waals surface area contributed by atoms with Crippen LogP contribution in [-0.4, -0.2) is 22.0 Å². The third-order valence-corrected chi connectivity index (χ3v) is 5.33. The van der Waals surface area contributed by atoms with Gasteiger partial charge in [-0.2, -0.15) is 5.10 Å². The summed E-state index contributed by atoms with van der Waals surface area (Å²) in [5.41, 5.74) is 2.73. The molecule has 0 fully saturated rings. The van der Waals surface area contributed by atoms with Gasteiger partial charge in [-0.1, -0.05) is 36.4 Å². The van der Waals surface area contributed by atoms with E-state index in [2.05, 4.69) is 36.8 Å². The predicted molar refractivity (Wildman–Crippen MR) is 127 cm³/mol. The van der Waals surface area contributed by atoms with Crippen LogP contribution in [0.1, 0.15) is 20.7 Å². The van der Waals surface area contributed by atoms with Crippen molar-refractivity contribution in [3.63, 3.8) is 0 Å². The van der Waals surface area contributed by atoms with Gasteiger partial charge in [0.1, 0.15) is 0 Å². The number of H-pyrrole nitrogens is 1. The number of hydrogen-bond acceptors (Lipinski definition) is 4. The zero-order valence-corrected chi connectivity index (χ0v) is 18.2. The number of nitrogens with zero attached hydrogens (tertiary/aromatic N) is 1. The van der Waals surface area contributed by atoms with E-state index in [-0.39, 0.29) is 17.4 Å². The highest BCUT2D eigenvalue weighted by molar-refractivity contribution is 9.10. The Hall–Kier alpha value is -4.04. The van der Waals surface area contributed by atoms with Crippen LogP contribution in [0.2, 0.25) is 0 Å². The van der Waals surface area contributed by atoms with Crippen LogP contribution in [0, 0.1) is 0 Å². The van der Waals surface area contributed by atoms with Gasteiger partial charge in [-0.25, -0.2) is 5.10 Å². The van der Waals surface area contributed by atoms with Crippen LogP contribution < -0.4 is 16.2 Å². The topological polar surface area (TPSA) is 104 Å². The van der Waals surface area contributed by atoms with Gasteiger partial charge in [0.15, 0.2) is 0 Å². The molecule has 8 heteroatoms. The minimum absolute atomic E-state index is 0.292. The normalized spacial score (nSPS) is 10.4. The monoisotopic (exact) mass is 488 g/mol. The predicted octanol–water partition coefficient (Wildman–Crippen LogP) is 4.70. The number of aromatic amines is 1. The average molecular weight is 489 g/mol. The van der Waals surface area contributed by atoms with Crippen LogP contribution in [0.5, 0.6) is 0 Å². The molecule has 3 N–H and O–H groups in total. The first-order valence-electron chi connectivity index (χ1n) is 9.64. The Balaban J connectivity index is 1.55. The maximum absolute atomic E-state index is 13.0. The smallest absolute Gasteiger partial charge is 0.264 e. The number of carbonyl (C=O) groups is 2. The molecule has 2 amide bonds. The van der Waals surface area contributed by atoms with E-state index in [1.807, 2.05) is 12.1 Å². The SMILES string of the molecule is O=C(Nc1ccccc1C(=O)Nc1cccc(-c2ccc(=O)[nH]n2)c1)c1ccccc1Br. The highest BCUT2D eigenvalue weighted by atomic mass is 79.9. The van der Waals surface area contributed by atoms with Gasteiger partial charge in [-0.3, -0.25) is 14.4 Å². The summed E-state index contributed by atoms with van der Waals surface area (Å²) >= 11 is 3.37. The van der Waals surface area contributed by atoms with Crippen LogP contribution >= 0.6 is 15.9 Å². The molecule has 0 radical (unpaired) electrons.